The van der Waals surface area contributed by atoms with Crippen LogP contribution in [0.3, 0.4) is 0 Å². The fraction of sp³-hybridized carbons (Fsp3) is 0.733. The predicted molar refractivity (Wildman–Crippen MR) is 86.2 cm³/mol. The molecule has 1 N–H and O–H groups in total. The van der Waals surface area contributed by atoms with Crippen LogP contribution in [0.4, 0.5) is 0 Å². The Hall–Kier alpha value is -0.650. The third-order valence-electron chi connectivity index (χ3n) is 3.82. The van der Waals surface area contributed by atoms with Gasteiger partial charge < -0.3 is 5.32 Å². The zero-order valence-corrected chi connectivity index (χ0v) is 14.0. The van der Waals surface area contributed by atoms with Gasteiger partial charge in [0, 0.05) is 47.6 Å². The van der Waals surface area contributed by atoms with Crippen LogP contribution in [-0.2, 0) is 6.54 Å². The number of rotatable bonds is 4. The largest absolute Gasteiger partial charge is 0.310 e. The molecule has 0 aliphatic carbocycles. The van der Waals surface area contributed by atoms with Gasteiger partial charge in [0.2, 0.25) is 0 Å². The van der Waals surface area contributed by atoms with Crippen molar-refractivity contribution in [2.75, 3.05) is 25.1 Å². The highest BCUT2D eigenvalue weighted by atomic mass is 32.2. The highest BCUT2D eigenvalue weighted by Crippen LogP contribution is 2.27. The average Bonchev–Trinajstić information content (AvgIpc) is 2.37. The molecule has 112 valence electrons. The van der Waals surface area contributed by atoms with Gasteiger partial charge in [-0.15, -0.1) is 0 Å². The molecule has 0 saturated carbocycles. The normalized spacial score (nSPS) is 20.6. The summed E-state index contributed by atoms with van der Waals surface area (Å²) in [5.74, 6) is 3.29. The molecule has 1 saturated heterocycles. The SMILES string of the molecule is Cc1nc(C2CSCCN2C)nc(C)c1CNC(C)C. The van der Waals surface area contributed by atoms with Gasteiger partial charge in [-0.1, -0.05) is 13.8 Å². The molecule has 0 bridgehead atoms. The summed E-state index contributed by atoms with van der Waals surface area (Å²) in [4.78, 5) is 11.9. The number of aryl methyl sites for hydroxylation is 2. The maximum atomic E-state index is 4.78. The van der Waals surface area contributed by atoms with Crippen molar-refractivity contribution in [2.24, 2.45) is 0 Å². The summed E-state index contributed by atoms with van der Waals surface area (Å²) in [5, 5.41) is 3.46. The van der Waals surface area contributed by atoms with E-state index in [1.807, 2.05) is 11.8 Å². The van der Waals surface area contributed by atoms with Gasteiger partial charge in [-0.05, 0) is 20.9 Å². The van der Waals surface area contributed by atoms with Gasteiger partial charge in [0.05, 0.1) is 6.04 Å². The van der Waals surface area contributed by atoms with Crippen molar-refractivity contribution < 1.29 is 0 Å². The third kappa shape index (κ3) is 3.71. The van der Waals surface area contributed by atoms with Crippen molar-refractivity contribution in [3.8, 4) is 0 Å². The molecule has 1 unspecified atom stereocenters. The molecule has 0 amide bonds. The fourth-order valence-corrected chi connectivity index (χ4v) is 3.65. The van der Waals surface area contributed by atoms with Crippen LogP contribution in [0.5, 0.6) is 0 Å². The van der Waals surface area contributed by atoms with Gasteiger partial charge in [-0.3, -0.25) is 4.90 Å². The second-order valence-electron chi connectivity index (χ2n) is 5.84. The Morgan fingerprint density at radius 1 is 1.30 bits per heavy atom. The van der Waals surface area contributed by atoms with Gasteiger partial charge in [0.1, 0.15) is 5.82 Å². The molecule has 1 atom stereocenters. The van der Waals surface area contributed by atoms with E-state index >= 15 is 0 Å². The molecule has 1 aromatic heterocycles. The molecular formula is C15H26N4S. The summed E-state index contributed by atoms with van der Waals surface area (Å²) < 4.78 is 0. The molecule has 2 rings (SSSR count). The molecule has 0 radical (unpaired) electrons. The van der Waals surface area contributed by atoms with Crippen LogP contribution in [0, 0.1) is 13.8 Å². The molecule has 0 spiro atoms. The van der Waals surface area contributed by atoms with Crippen molar-refractivity contribution in [2.45, 2.75) is 46.3 Å². The molecule has 5 heteroatoms. The zero-order valence-electron chi connectivity index (χ0n) is 13.2. The van der Waals surface area contributed by atoms with Gasteiger partial charge >= 0.3 is 0 Å². The lowest BCUT2D eigenvalue weighted by atomic mass is 10.1. The predicted octanol–water partition coefficient (Wildman–Crippen LogP) is 2.31. The third-order valence-corrected chi connectivity index (χ3v) is 4.84. The fourth-order valence-electron chi connectivity index (χ4n) is 2.43. The number of hydrogen-bond donors (Lipinski definition) is 1. The quantitative estimate of drug-likeness (QED) is 0.923. The number of nitrogens with one attached hydrogen (secondary N) is 1. The summed E-state index contributed by atoms with van der Waals surface area (Å²) in [5.41, 5.74) is 3.47. The van der Waals surface area contributed by atoms with Crippen LogP contribution >= 0.6 is 11.8 Å². The van der Waals surface area contributed by atoms with Crippen LogP contribution in [0.15, 0.2) is 0 Å². The van der Waals surface area contributed by atoms with Crippen LogP contribution < -0.4 is 5.32 Å². The standard InChI is InChI=1S/C15H26N4S/c1-10(2)16-8-13-11(3)17-15(18-12(13)4)14-9-20-7-6-19(14)5/h10,14,16H,6-9H2,1-5H3. The zero-order chi connectivity index (χ0) is 14.7. The van der Waals surface area contributed by atoms with Crippen LogP contribution in [-0.4, -0.2) is 46.0 Å². The van der Waals surface area contributed by atoms with E-state index in [0.717, 1.165) is 36.1 Å². The van der Waals surface area contributed by atoms with E-state index in [9.17, 15) is 0 Å². The number of thioether (sulfide) groups is 1. The summed E-state index contributed by atoms with van der Waals surface area (Å²) in [6.07, 6.45) is 0. The molecule has 2 heterocycles. The Morgan fingerprint density at radius 3 is 2.50 bits per heavy atom. The van der Waals surface area contributed by atoms with E-state index in [0.29, 0.717) is 12.1 Å². The maximum Gasteiger partial charge on any atom is 0.146 e. The van der Waals surface area contributed by atoms with Crippen molar-refractivity contribution in [3.63, 3.8) is 0 Å². The van der Waals surface area contributed by atoms with E-state index in [4.69, 9.17) is 9.97 Å². The first kappa shape index (κ1) is 15.7. The first-order valence-corrected chi connectivity index (χ1v) is 8.50. The topological polar surface area (TPSA) is 41.1 Å². The van der Waals surface area contributed by atoms with Crippen LogP contribution in [0.2, 0.25) is 0 Å². The van der Waals surface area contributed by atoms with E-state index in [1.165, 1.54) is 11.3 Å². The lowest BCUT2D eigenvalue weighted by Gasteiger charge is -2.31. The van der Waals surface area contributed by atoms with Crippen LogP contribution in [0.1, 0.15) is 42.7 Å². The molecule has 1 fully saturated rings. The Morgan fingerprint density at radius 2 is 1.95 bits per heavy atom. The monoisotopic (exact) mass is 294 g/mol. The van der Waals surface area contributed by atoms with E-state index in [2.05, 4.69) is 45.0 Å². The van der Waals surface area contributed by atoms with Crippen molar-refractivity contribution in [3.05, 3.63) is 22.8 Å². The van der Waals surface area contributed by atoms with Crippen LogP contribution in [0.25, 0.3) is 0 Å². The summed E-state index contributed by atoms with van der Waals surface area (Å²) in [7, 11) is 2.17. The minimum absolute atomic E-state index is 0.359. The highest BCUT2D eigenvalue weighted by Gasteiger charge is 2.24. The number of aromatic nitrogens is 2. The molecule has 1 aromatic rings. The van der Waals surface area contributed by atoms with Gasteiger partial charge in [0.25, 0.3) is 0 Å². The van der Waals surface area contributed by atoms with Gasteiger partial charge in [0.15, 0.2) is 0 Å². The Labute approximate surface area is 126 Å². The van der Waals surface area contributed by atoms with E-state index in [-0.39, 0.29) is 0 Å². The first-order valence-electron chi connectivity index (χ1n) is 7.34. The smallest absolute Gasteiger partial charge is 0.146 e. The lowest BCUT2D eigenvalue weighted by Crippen LogP contribution is -2.34. The van der Waals surface area contributed by atoms with Crippen molar-refractivity contribution in [1.82, 2.24) is 20.2 Å². The van der Waals surface area contributed by atoms with E-state index in [1.54, 1.807) is 0 Å². The molecular weight excluding hydrogens is 268 g/mol. The molecule has 1 aliphatic rings. The summed E-state index contributed by atoms with van der Waals surface area (Å²) in [6, 6.07) is 0.840. The highest BCUT2D eigenvalue weighted by molar-refractivity contribution is 7.99. The average molecular weight is 294 g/mol. The molecule has 0 aromatic carbocycles. The number of hydrogen-bond acceptors (Lipinski definition) is 5. The second-order valence-corrected chi connectivity index (χ2v) is 6.99. The molecule has 1 aliphatic heterocycles. The second kappa shape index (κ2) is 6.87. The van der Waals surface area contributed by atoms with Gasteiger partial charge in [-0.2, -0.15) is 11.8 Å². The summed E-state index contributed by atoms with van der Waals surface area (Å²) in [6.45, 7) is 10.5. The van der Waals surface area contributed by atoms with Gasteiger partial charge in [-0.25, -0.2) is 9.97 Å². The van der Waals surface area contributed by atoms with E-state index < -0.39 is 0 Å². The minimum Gasteiger partial charge on any atom is -0.310 e. The Balaban J connectivity index is 2.20. The van der Waals surface area contributed by atoms with Crippen molar-refractivity contribution in [1.29, 1.82) is 0 Å². The van der Waals surface area contributed by atoms with Crippen molar-refractivity contribution >= 4 is 11.8 Å². The Kier molecular flexibility index (Phi) is 5.41. The lowest BCUT2D eigenvalue weighted by molar-refractivity contribution is 0.263. The molecule has 4 nitrogen and oxygen atoms in total. The first-order chi connectivity index (χ1) is 9.49. The maximum absolute atomic E-state index is 4.78. The Bertz CT molecular complexity index is 438. The minimum atomic E-state index is 0.359. The number of nitrogens with zero attached hydrogens (tertiary/aromatic N) is 3. The summed E-state index contributed by atoms with van der Waals surface area (Å²) >= 11 is 2.00. The molecule has 20 heavy (non-hydrogen) atoms.